The number of aryl methyl sites for hydroxylation is 1. The maximum atomic E-state index is 11.0. The second-order valence-electron chi connectivity index (χ2n) is 5.17. The van der Waals surface area contributed by atoms with E-state index in [0.717, 1.165) is 23.1 Å². The zero-order valence-corrected chi connectivity index (χ0v) is 13.5. The molecule has 24 heavy (non-hydrogen) atoms. The van der Waals surface area contributed by atoms with E-state index in [-0.39, 0.29) is 11.7 Å². The van der Waals surface area contributed by atoms with Crippen LogP contribution in [0.3, 0.4) is 0 Å². The molecule has 124 valence electrons. The average molecular weight is 324 g/mol. The molecule has 2 aromatic carbocycles. The third kappa shape index (κ3) is 4.71. The van der Waals surface area contributed by atoms with Crippen LogP contribution >= 0.6 is 0 Å². The van der Waals surface area contributed by atoms with Crippen LogP contribution < -0.4 is 0 Å². The normalized spacial score (nSPS) is 9.88. The van der Waals surface area contributed by atoms with Crippen LogP contribution in [0.25, 0.3) is 10.9 Å². The van der Waals surface area contributed by atoms with Crippen LogP contribution in [0, 0.1) is 5.41 Å². The van der Waals surface area contributed by atoms with E-state index in [4.69, 9.17) is 10.5 Å². The Morgan fingerprint density at radius 3 is 2.58 bits per heavy atom. The Morgan fingerprint density at radius 2 is 1.92 bits per heavy atom. The highest BCUT2D eigenvalue weighted by molar-refractivity contribution is 5.83. The minimum absolute atomic E-state index is 0.166. The molecule has 0 saturated heterocycles. The lowest BCUT2D eigenvalue weighted by atomic mass is 10.1. The van der Waals surface area contributed by atoms with Crippen molar-refractivity contribution >= 4 is 23.1 Å². The number of hydrogen-bond acceptors (Lipinski definition) is 4. The number of phenolic OH excluding ortho intramolecular Hbond substituents is 1. The van der Waals surface area contributed by atoms with Crippen molar-refractivity contribution in [1.29, 1.82) is 5.41 Å². The van der Waals surface area contributed by atoms with Crippen LogP contribution in [-0.2, 0) is 16.0 Å². The minimum Gasteiger partial charge on any atom is -0.508 e. The van der Waals surface area contributed by atoms with Gasteiger partial charge in [-0.15, -0.1) is 0 Å². The summed E-state index contributed by atoms with van der Waals surface area (Å²) in [6.07, 6.45) is 4.34. The van der Waals surface area contributed by atoms with Gasteiger partial charge in [-0.25, -0.2) is 0 Å². The highest BCUT2D eigenvalue weighted by atomic mass is 16.5. The number of H-pyrrole nitrogens is 1. The van der Waals surface area contributed by atoms with Crippen LogP contribution in [0.5, 0.6) is 5.75 Å². The monoisotopic (exact) mass is 324 g/mol. The summed E-state index contributed by atoms with van der Waals surface area (Å²) in [7, 11) is 1.41. The number of para-hydroxylation sites is 1. The fraction of sp³-hybridized carbons (Fsp3) is 0.158. The van der Waals surface area contributed by atoms with Gasteiger partial charge < -0.3 is 20.2 Å². The van der Waals surface area contributed by atoms with E-state index >= 15 is 0 Å². The number of esters is 1. The van der Waals surface area contributed by atoms with E-state index in [9.17, 15) is 4.79 Å². The number of aromatic nitrogens is 1. The first-order chi connectivity index (χ1) is 11.6. The molecule has 3 rings (SSSR count). The number of benzene rings is 2. The van der Waals surface area contributed by atoms with Crippen molar-refractivity contribution in [2.75, 3.05) is 7.11 Å². The molecule has 0 amide bonds. The van der Waals surface area contributed by atoms with Gasteiger partial charge in [0.2, 0.25) is 0 Å². The molecule has 5 nitrogen and oxygen atoms in total. The van der Waals surface area contributed by atoms with Gasteiger partial charge in [0.1, 0.15) is 5.75 Å². The summed E-state index contributed by atoms with van der Waals surface area (Å²) >= 11 is 0. The topological polar surface area (TPSA) is 86.2 Å². The highest BCUT2D eigenvalue weighted by Gasteiger charge is 2.05. The summed E-state index contributed by atoms with van der Waals surface area (Å²) in [5.74, 6) is 0.0703. The standard InChI is InChI=1S/C12H13NO2.C7H7NO/c1-15-12(14)7-6-9-8-13-11-5-3-2-4-10(9)11;8-5-6-1-3-7(9)4-2-6/h2-5,8,13H,6-7H2,1H3;1-5,8-9H. The van der Waals surface area contributed by atoms with Crippen molar-refractivity contribution in [2.45, 2.75) is 12.8 Å². The SMILES string of the molecule is COC(=O)CCc1c[nH]c2ccccc12.N=Cc1ccc(O)cc1. The molecule has 3 aromatic rings. The van der Waals surface area contributed by atoms with Crippen molar-refractivity contribution in [1.82, 2.24) is 4.98 Å². The lowest BCUT2D eigenvalue weighted by Gasteiger charge is -1.98. The van der Waals surface area contributed by atoms with Gasteiger partial charge in [0.05, 0.1) is 7.11 Å². The second-order valence-corrected chi connectivity index (χ2v) is 5.17. The number of rotatable bonds is 4. The first-order valence-corrected chi connectivity index (χ1v) is 7.55. The fourth-order valence-electron chi connectivity index (χ4n) is 2.25. The highest BCUT2D eigenvalue weighted by Crippen LogP contribution is 2.18. The second kappa shape index (κ2) is 8.53. The number of fused-ring (bicyclic) bond motifs is 1. The number of carbonyl (C=O) groups is 1. The van der Waals surface area contributed by atoms with Gasteiger partial charge in [0.15, 0.2) is 0 Å². The number of carbonyl (C=O) groups excluding carboxylic acids is 1. The number of hydrogen-bond donors (Lipinski definition) is 3. The van der Waals surface area contributed by atoms with Crippen LogP contribution in [0.15, 0.2) is 54.7 Å². The molecule has 0 spiro atoms. The summed E-state index contributed by atoms with van der Waals surface area (Å²) in [4.78, 5) is 14.2. The molecule has 0 unspecified atom stereocenters. The van der Waals surface area contributed by atoms with Gasteiger partial charge in [-0.2, -0.15) is 0 Å². The molecule has 1 heterocycles. The predicted molar refractivity (Wildman–Crippen MR) is 94.6 cm³/mol. The summed E-state index contributed by atoms with van der Waals surface area (Å²) < 4.78 is 4.61. The van der Waals surface area contributed by atoms with E-state index in [1.165, 1.54) is 18.7 Å². The van der Waals surface area contributed by atoms with E-state index in [1.54, 1.807) is 24.3 Å². The van der Waals surface area contributed by atoms with Crippen LogP contribution in [0.1, 0.15) is 17.5 Å². The third-order valence-electron chi connectivity index (χ3n) is 3.56. The largest absolute Gasteiger partial charge is 0.508 e. The number of phenols is 1. The molecule has 0 bridgehead atoms. The zero-order chi connectivity index (χ0) is 17.4. The van der Waals surface area contributed by atoms with Gasteiger partial charge in [-0.05, 0) is 47.9 Å². The maximum Gasteiger partial charge on any atom is 0.305 e. The molecule has 0 saturated carbocycles. The van der Waals surface area contributed by atoms with Crippen LogP contribution in [0.4, 0.5) is 0 Å². The summed E-state index contributed by atoms with van der Waals surface area (Å²) in [6, 6.07) is 14.5. The van der Waals surface area contributed by atoms with Gasteiger partial charge in [-0.1, -0.05) is 18.2 Å². The Balaban J connectivity index is 0.000000198. The predicted octanol–water partition coefficient (Wildman–Crippen LogP) is 3.66. The molecule has 5 heteroatoms. The number of nitrogens with one attached hydrogen (secondary N) is 2. The molecule has 0 aliphatic rings. The molecule has 0 aliphatic heterocycles. The Labute approximate surface area is 140 Å². The maximum absolute atomic E-state index is 11.0. The Bertz CT molecular complexity index is 807. The molecule has 0 aliphatic carbocycles. The number of aromatic hydroxyl groups is 1. The van der Waals surface area contributed by atoms with E-state index in [2.05, 4.69) is 15.8 Å². The number of methoxy groups -OCH3 is 1. The number of ether oxygens (including phenoxy) is 1. The van der Waals surface area contributed by atoms with Gasteiger partial charge >= 0.3 is 5.97 Å². The van der Waals surface area contributed by atoms with Gasteiger partial charge in [0.25, 0.3) is 0 Å². The van der Waals surface area contributed by atoms with E-state index in [1.807, 2.05) is 24.4 Å². The van der Waals surface area contributed by atoms with E-state index in [0.29, 0.717) is 6.42 Å². The fourth-order valence-corrected chi connectivity index (χ4v) is 2.25. The summed E-state index contributed by atoms with van der Waals surface area (Å²) in [5.41, 5.74) is 3.07. The van der Waals surface area contributed by atoms with Crippen molar-refractivity contribution in [3.63, 3.8) is 0 Å². The summed E-state index contributed by atoms with van der Waals surface area (Å²) in [5, 5.41) is 16.8. The van der Waals surface area contributed by atoms with Gasteiger partial charge in [-0.3, -0.25) is 4.79 Å². The van der Waals surface area contributed by atoms with Gasteiger partial charge in [0, 0.05) is 29.7 Å². The molecule has 0 fully saturated rings. The van der Waals surface area contributed by atoms with Crippen molar-refractivity contribution in [2.24, 2.45) is 0 Å². The first-order valence-electron chi connectivity index (χ1n) is 7.55. The molecule has 0 radical (unpaired) electrons. The Kier molecular flexibility index (Phi) is 6.14. The van der Waals surface area contributed by atoms with E-state index < -0.39 is 0 Å². The van der Waals surface area contributed by atoms with Crippen LogP contribution in [-0.4, -0.2) is 29.4 Å². The Hall–Kier alpha value is -3.08. The van der Waals surface area contributed by atoms with Crippen molar-refractivity contribution in [3.05, 3.63) is 65.9 Å². The average Bonchev–Trinajstić information content (AvgIpc) is 3.04. The van der Waals surface area contributed by atoms with Crippen molar-refractivity contribution in [3.8, 4) is 5.75 Å². The molecular formula is C19H20N2O3. The quantitative estimate of drug-likeness (QED) is 0.505. The first kappa shape index (κ1) is 17.3. The molecule has 1 aromatic heterocycles. The molecule has 3 N–H and O–H groups in total. The smallest absolute Gasteiger partial charge is 0.305 e. The number of aromatic amines is 1. The molecule has 0 atom stereocenters. The van der Waals surface area contributed by atoms with Crippen LogP contribution in [0.2, 0.25) is 0 Å². The Morgan fingerprint density at radius 1 is 1.21 bits per heavy atom. The minimum atomic E-state index is -0.166. The summed E-state index contributed by atoms with van der Waals surface area (Å²) in [6.45, 7) is 0. The molecular weight excluding hydrogens is 304 g/mol. The lowest BCUT2D eigenvalue weighted by molar-refractivity contribution is -0.140. The third-order valence-corrected chi connectivity index (χ3v) is 3.56. The lowest BCUT2D eigenvalue weighted by Crippen LogP contribution is -2.01. The zero-order valence-electron chi connectivity index (χ0n) is 13.5. The van der Waals surface area contributed by atoms with Crippen molar-refractivity contribution < 1.29 is 14.6 Å².